The molecule has 5 nitrogen and oxygen atoms in total. The second-order valence-electron chi connectivity index (χ2n) is 4.51. The number of hydrogen-bond donors (Lipinski definition) is 2. The summed E-state index contributed by atoms with van der Waals surface area (Å²) in [7, 11) is 1.55. The molecule has 0 saturated carbocycles. The van der Waals surface area contributed by atoms with E-state index in [4.69, 9.17) is 4.74 Å². The maximum Gasteiger partial charge on any atom is 0.144 e. The highest BCUT2D eigenvalue weighted by Crippen LogP contribution is 2.19. The van der Waals surface area contributed by atoms with Crippen molar-refractivity contribution >= 4 is 16.7 Å². The molecular weight excluding hydrogens is 254 g/mol. The molecule has 1 aromatic carbocycles. The van der Waals surface area contributed by atoms with Crippen molar-refractivity contribution in [1.82, 2.24) is 4.98 Å². The number of pyridine rings is 1. The van der Waals surface area contributed by atoms with Crippen LogP contribution < -0.4 is 5.32 Å². The smallest absolute Gasteiger partial charge is 0.144 e. The average molecular weight is 271 g/mol. The highest BCUT2D eigenvalue weighted by Gasteiger charge is 2.07. The van der Waals surface area contributed by atoms with Crippen LogP contribution in [0.2, 0.25) is 0 Å². The van der Waals surface area contributed by atoms with Crippen LogP contribution >= 0.6 is 0 Å². The Kier molecular flexibility index (Phi) is 4.88. The first kappa shape index (κ1) is 14.3. The number of aromatic nitrogens is 1. The van der Waals surface area contributed by atoms with Crippen molar-refractivity contribution in [3.63, 3.8) is 0 Å². The van der Waals surface area contributed by atoms with Gasteiger partial charge in [-0.1, -0.05) is 18.2 Å². The molecule has 0 radical (unpaired) electrons. The Bertz CT molecular complexity index is 622. The Hall–Kier alpha value is -2.16. The summed E-state index contributed by atoms with van der Waals surface area (Å²) in [5.74, 6) is 0.552. The molecule has 2 aromatic rings. The van der Waals surface area contributed by atoms with E-state index in [1.807, 2.05) is 30.3 Å². The Morgan fingerprint density at radius 3 is 3.00 bits per heavy atom. The Labute approximate surface area is 117 Å². The molecule has 0 aliphatic heterocycles. The lowest BCUT2D eigenvalue weighted by atomic mass is 10.1. The molecule has 0 bridgehead atoms. The Morgan fingerprint density at radius 1 is 1.45 bits per heavy atom. The predicted molar refractivity (Wildman–Crippen MR) is 77.4 cm³/mol. The third-order valence-electron chi connectivity index (χ3n) is 2.97. The molecule has 2 rings (SSSR count). The first-order valence-electron chi connectivity index (χ1n) is 6.45. The van der Waals surface area contributed by atoms with E-state index < -0.39 is 6.10 Å². The van der Waals surface area contributed by atoms with Gasteiger partial charge in [0, 0.05) is 19.0 Å². The molecule has 1 aromatic heterocycles. The number of para-hydroxylation sites is 1. The summed E-state index contributed by atoms with van der Waals surface area (Å²) in [5, 5.41) is 22.8. The highest BCUT2D eigenvalue weighted by molar-refractivity contribution is 5.82. The normalized spacial score (nSPS) is 12.1. The van der Waals surface area contributed by atoms with Crippen molar-refractivity contribution in [1.29, 1.82) is 5.26 Å². The SMILES string of the molecule is COCC(O)CCNc1nc2ccccc2cc1C#N. The second-order valence-corrected chi connectivity index (χ2v) is 4.51. The summed E-state index contributed by atoms with van der Waals surface area (Å²) in [6.07, 6.45) is 0.0197. The van der Waals surface area contributed by atoms with Crippen molar-refractivity contribution in [2.45, 2.75) is 12.5 Å². The van der Waals surface area contributed by atoms with E-state index in [1.54, 1.807) is 7.11 Å². The van der Waals surface area contributed by atoms with Gasteiger partial charge in [-0.2, -0.15) is 5.26 Å². The molecule has 0 saturated heterocycles. The van der Waals surface area contributed by atoms with Crippen molar-refractivity contribution in [3.05, 3.63) is 35.9 Å². The van der Waals surface area contributed by atoms with Crippen LogP contribution in [-0.4, -0.2) is 36.5 Å². The fourth-order valence-corrected chi connectivity index (χ4v) is 1.97. The average Bonchev–Trinajstić information content (AvgIpc) is 2.46. The minimum atomic E-state index is -0.515. The number of methoxy groups -OCH3 is 1. The number of nitrogens with zero attached hydrogens (tertiary/aromatic N) is 2. The van der Waals surface area contributed by atoms with Gasteiger partial charge in [-0.15, -0.1) is 0 Å². The summed E-state index contributed by atoms with van der Waals surface area (Å²) >= 11 is 0. The van der Waals surface area contributed by atoms with E-state index in [2.05, 4.69) is 16.4 Å². The van der Waals surface area contributed by atoms with E-state index in [0.29, 0.717) is 31.0 Å². The van der Waals surface area contributed by atoms with Gasteiger partial charge in [0.2, 0.25) is 0 Å². The minimum Gasteiger partial charge on any atom is -0.391 e. The van der Waals surface area contributed by atoms with Gasteiger partial charge >= 0.3 is 0 Å². The molecule has 104 valence electrons. The van der Waals surface area contributed by atoms with E-state index in [0.717, 1.165) is 10.9 Å². The Balaban J connectivity index is 2.11. The molecule has 1 atom stereocenters. The molecule has 2 N–H and O–H groups in total. The minimum absolute atomic E-state index is 0.304. The zero-order valence-electron chi connectivity index (χ0n) is 11.3. The third kappa shape index (κ3) is 3.44. The van der Waals surface area contributed by atoms with Crippen LogP contribution in [0.4, 0.5) is 5.82 Å². The molecule has 1 heterocycles. The van der Waals surface area contributed by atoms with Crippen LogP contribution in [0.3, 0.4) is 0 Å². The zero-order chi connectivity index (χ0) is 14.4. The summed E-state index contributed by atoms with van der Waals surface area (Å²) in [6, 6.07) is 11.6. The van der Waals surface area contributed by atoms with Gasteiger partial charge in [-0.3, -0.25) is 0 Å². The van der Waals surface area contributed by atoms with Crippen molar-refractivity contribution in [3.8, 4) is 6.07 Å². The number of fused-ring (bicyclic) bond motifs is 1. The van der Waals surface area contributed by atoms with Crippen LogP contribution in [-0.2, 0) is 4.74 Å². The number of nitrogens with one attached hydrogen (secondary N) is 1. The molecule has 0 aliphatic rings. The third-order valence-corrected chi connectivity index (χ3v) is 2.97. The largest absolute Gasteiger partial charge is 0.391 e. The summed E-state index contributed by atoms with van der Waals surface area (Å²) in [6.45, 7) is 0.836. The maximum atomic E-state index is 9.58. The lowest BCUT2D eigenvalue weighted by Gasteiger charge is -2.12. The zero-order valence-corrected chi connectivity index (χ0v) is 11.3. The molecule has 0 aliphatic carbocycles. The topological polar surface area (TPSA) is 78.2 Å². The van der Waals surface area contributed by atoms with E-state index in [1.165, 1.54) is 0 Å². The number of hydrogen-bond acceptors (Lipinski definition) is 5. The van der Waals surface area contributed by atoms with E-state index in [9.17, 15) is 10.4 Å². The lowest BCUT2D eigenvalue weighted by molar-refractivity contribution is 0.0615. The first-order chi connectivity index (χ1) is 9.74. The van der Waals surface area contributed by atoms with Crippen molar-refractivity contribution in [2.75, 3.05) is 25.6 Å². The summed E-state index contributed by atoms with van der Waals surface area (Å²) in [4.78, 5) is 4.44. The highest BCUT2D eigenvalue weighted by atomic mass is 16.5. The number of ether oxygens (including phenoxy) is 1. The number of aliphatic hydroxyl groups excluding tert-OH is 1. The number of nitriles is 1. The fourth-order valence-electron chi connectivity index (χ4n) is 1.97. The van der Waals surface area contributed by atoms with Gasteiger partial charge in [0.15, 0.2) is 0 Å². The molecule has 0 amide bonds. The van der Waals surface area contributed by atoms with Gasteiger partial charge in [-0.05, 0) is 18.6 Å². The molecule has 0 fully saturated rings. The lowest BCUT2D eigenvalue weighted by Crippen LogP contribution is -2.19. The monoisotopic (exact) mass is 271 g/mol. The Morgan fingerprint density at radius 2 is 2.25 bits per heavy atom. The molecule has 1 unspecified atom stereocenters. The van der Waals surface area contributed by atoms with Crippen LogP contribution in [0.25, 0.3) is 10.9 Å². The van der Waals surface area contributed by atoms with Crippen LogP contribution in [0.1, 0.15) is 12.0 Å². The van der Waals surface area contributed by atoms with Crippen molar-refractivity contribution in [2.24, 2.45) is 0 Å². The summed E-state index contributed by atoms with van der Waals surface area (Å²) < 4.78 is 4.86. The van der Waals surface area contributed by atoms with Crippen LogP contribution in [0, 0.1) is 11.3 Å². The van der Waals surface area contributed by atoms with Gasteiger partial charge in [0.05, 0.1) is 23.8 Å². The predicted octanol–water partition coefficient (Wildman–Crippen LogP) is 1.92. The first-order valence-corrected chi connectivity index (χ1v) is 6.45. The van der Waals surface area contributed by atoms with Gasteiger partial charge in [-0.25, -0.2) is 4.98 Å². The summed E-state index contributed by atoms with van der Waals surface area (Å²) in [5.41, 5.74) is 1.34. The number of anilines is 1. The fraction of sp³-hybridized carbons (Fsp3) is 0.333. The van der Waals surface area contributed by atoms with E-state index >= 15 is 0 Å². The van der Waals surface area contributed by atoms with Crippen LogP contribution in [0.5, 0.6) is 0 Å². The molecule has 5 heteroatoms. The van der Waals surface area contributed by atoms with Crippen molar-refractivity contribution < 1.29 is 9.84 Å². The maximum absolute atomic E-state index is 9.58. The molecule has 0 spiro atoms. The quantitative estimate of drug-likeness (QED) is 0.839. The van der Waals surface area contributed by atoms with E-state index in [-0.39, 0.29) is 0 Å². The number of aliphatic hydroxyl groups is 1. The molecular formula is C15H17N3O2. The number of rotatable bonds is 6. The molecule has 20 heavy (non-hydrogen) atoms. The van der Waals surface area contributed by atoms with Gasteiger partial charge < -0.3 is 15.2 Å². The van der Waals surface area contributed by atoms with Gasteiger partial charge in [0.25, 0.3) is 0 Å². The second kappa shape index (κ2) is 6.85. The van der Waals surface area contributed by atoms with Crippen LogP contribution in [0.15, 0.2) is 30.3 Å². The standard InChI is InChI=1S/C15H17N3O2/c1-20-10-13(19)6-7-17-15-12(9-16)8-11-4-2-3-5-14(11)18-15/h2-5,8,13,19H,6-7,10H2,1H3,(H,17,18). The number of benzene rings is 1. The van der Waals surface area contributed by atoms with Gasteiger partial charge in [0.1, 0.15) is 11.9 Å².